The van der Waals surface area contributed by atoms with Crippen LogP contribution < -0.4 is 10.1 Å². The summed E-state index contributed by atoms with van der Waals surface area (Å²) in [7, 11) is 1.32. The van der Waals surface area contributed by atoms with Crippen LogP contribution in [0.3, 0.4) is 0 Å². The van der Waals surface area contributed by atoms with Gasteiger partial charge in [0, 0.05) is 0 Å². The molecule has 0 bridgehead atoms. The average Bonchev–Trinajstić information content (AvgIpc) is 2.37. The van der Waals surface area contributed by atoms with Crippen molar-refractivity contribution in [3.63, 3.8) is 0 Å². The fraction of sp³-hybridized carbons (Fsp3) is 0.455. The minimum atomic E-state index is -1.14. The highest BCUT2D eigenvalue weighted by Crippen LogP contribution is 2.24. The molecule has 1 unspecified atom stereocenters. The average molecular weight is 285 g/mol. The largest absolute Gasteiger partial charge is 0.489 e. The predicted octanol–water partition coefficient (Wildman–Crippen LogP) is 1.17. The van der Waals surface area contributed by atoms with E-state index in [2.05, 4.69) is 10.3 Å². The summed E-state index contributed by atoms with van der Waals surface area (Å²) in [5, 5.41) is 21.5. The Morgan fingerprint density at radius 3 is 2.85 bits per heavy atom. The Hall–Kier alpha value is -2.42. The Balaban J connectivity index is 2.58. The minimum Gasteiger partial charge on any atom is -0.489 e. The molecule has 0 saturated heterocycles. The zero-order chi connectivity index (χ0) is 15.1. The van der Waals surface area contributed by atoms with Crippen molar-refractivity contribution in [1.82, 2.24) is 10.3 Å². The van der Waals surface area contributed by atoms with Crippen molar-refractivity contribution in [1.29, 1.82) is 0 Å². The smallest absolute Gasteiger partial charge is 0.406 e. The van der Waals surface area contributed by atoms with Gasteiger partial charge in [0.15, 0.2) is 5.69 Å². The topological polar surface area (TPSA) is 124 Å². The number of amides is 1. The maximum Gasteiger partial charge on any atom is 0.406 e. The number of rotatable bonds is 7. The van der Waals surface area contributed by atoms with E-state index in [9.17, 15) is 14.9 Å². The van der Waals surface area contributed by atoms with Gasteiger partial charge in [0.05, 0.1) is 19.8 Å². The van der Waals surface area contributed by atoms with Crippen LogP contribution in [0.4, 0.5) is 10.6 Å². The van der Waals surface area contributed by atoms with Crippen LogP contribution in [0.25, 0.3) is 0 Å². The number of pyridine rings is 1. The first-order valence-electron chi connectivity index (χ1n) is 5.69. The zero-order valence-corrected chi connectivity index (χ0v) is 11.0. The second kappa shape index (κ2) is 7.24. The lowest BCUT2D eigenvalue weighted by molar-refractivity contribution is -0.390. The number of aromatic nitrogens is 1. The van der Waals surface area contributed by atoms with Gasteiger partial charge in [-0.2, -0.15) is 0 Å². The van der Waals surface area contributed by atoms with Gasteiger partial charge in [-0.1, -0.05) is 0 Å². The maximum absolute atomic E-state index is 10.8. The Labute approximate surface area is 114 Å². The monoisotopic (exact) mass is 285 g/mol. The van der Waals surface area contributed by atoms with Gasteiger partial charge in [0.1, 0.15) is 6.61 Å². The molecule has 0 saturated carbocycles. The minimum absolute atomic E-state index is 0.0382. The van der Waals surface area contributed by atoms with E-state index in [4.69, 9.17) is 14.6 Å². The fourth-order valence-corrected chi connectivity index (χ4v) is 1.44. The number of carbonyl (C=O) groups is 1. The molecule has 110 valence electrons. The van der Waals surface area contributed by atoms with Crippen LogP contribution in [-0.2, 0) is 11.3 Å². The Kier molecular flexibility index (Phi) is 5.66. The summed E-state index contributed by atoms with van der Waals surface area (Å²) in [6.45, 7) is 1.81. The summed E-state index contributed by atoms with van der Waals surface area (Å²) in [6.07, 6.45) is -1.14. The number of hydrogen-bond donors (Lipinski definition) is 2. The van der Waals surface area contributed by atoms with E-state index in [1.165, 1.54) is 13.2 Å². The number of methoxy groups -OCH3 is 1. The van der Waals surface area contributed by atoms with Crippen molar-refractivity contribution in [2.75, 3.05) is 13.7 Å². The summed E-state index contributed by atoms with van der Waals surface area (Å²) in [4.78, 5) is 24.3. The van der Waals surface area contributed by atoms with Crippen LogP contribution in [0.1, 0.15) is 12.6 Å². The third-order valence-corrected chi connectivity index (χ3v) is 2.28. The summed E-state index contributed by atoms with van der Waals surface area (Å²) in [5.41, 5.74) is 0.361. The van der Waals surface area contributed by atoms with E-state index in [1.807, 2.05) is 0 Å². The second-order valence-corrected chi connectivity index (χ2v) is 3.95. The van der Waals surface area contributed by atoms with Crippen LogP contribution >= 0.6 is 0 Å². The lowest BCUT2D eigenvalue weighted by atomic mass is 10.3. The van der Waals surface area contributed by atoms with Gasteiger partial charge < -0.3 is 30.0 Å². The summed E-state index contributed by atoms with van der Waals surface area (Å²) < 4.78 is 10.1. The molecular formula is C11H15N3O6. The van der Waals surface area contributed by atoms with Crippen LogP contribution in [0.5, 0.6) is 5.75 Å². The van der Waals surface area contributed by atoms with Crippen LogP contribution in [0.15, 0.2) is 12.1 Å². The van der Waals surface area contributed by atoms with E-state index < -0.39 is 11.0 Å². The molecule has 1 aromatic heterocycles. The third-order valence-electron chi connectivity index (χ3n) is 2.28. The molecule has 0 aliphatic rings. The Morgan fingerprint density at radius 2 is 2.30 bits per heavy atom. The highest BCUT2D eigenvalue weighted by atomic mass is 16.6. The standard InChI is InChI=1S/C11H15N3O6/c1-7(12-11(15)16)5-20-6-8-3-4-9(19-2)10(13-8)14(17)18/h3-4,7,12H,5-6H2,1-2H3,(H,15,16). The normalized spacial score (nSPS) is 11.7. The molecule has 1 amide bonds. The molecule has 1 rings (SSSR count). The molecule has 0 aliphatic carbocycles. The lowest BCUT2D eigenvalue weighted by Gasteiger charge is -2.10. The van der Waals surface area contributed by atoms with E-state index in [0.29, 0.717) is 5.69 Å². The molecule has 9 nitrogen and oxygen atoms in total. The molecule has 1 atom stereocenters. The van der Waals surface area contributed by atoms with Gasteiger partial charge in [-0.05, 0) is 29.0 Å². The van der Waals surface area contributed by atoms with Gasteiger partial charge in [0.25, 0.3) is 0 Å². The number of nitrogens with zero attached hydrogens (tertiary/aromatic N) is 2. The zero-order valence-electron chi connectivity index (χ0n) is 11.0. The number of nitro groups is 1. The van der Waals surface area contributed by atoms with Gasteiger partial charge in [-0.15, -0.1) is 0 Å². The Bertz CT molecular complexity index is 493. The van der Waals surface area contributed by atoms with Gasteiger partial charge in [-0.3, -0.25) is 0 Å². The highest BCUT2D eigenvalue weighted by molar-refractivity contribution is 5.64. The third kappa shape index (κ3) is 4.69. The molecule has 9 heteroatoms. The molecule has 0 radical (unpaired) electrons. The fourth-order valence-electron chi connectivity index (χ4n) is 1.44. The van der Waals surface area contributed by atoms with Crippen molar-refractivity contribution in [3.8, 4) is 5.75 Å². The molecule has 0 aromatic carbocycles. The summed E-state index contributed by atoms with van der Waals surface area (Å²) in [5.74, 6) is -0.315. The van der Waals surface area contributed by atoms with Gasteiger partial charge in [0.2, 0.25) is 5.75 Å². The van der Waals surface area contributed by atoms with Gasteiger partial charge in [-0.25, -0.2) is 4.79 Å². The predicted molar refractivity (Wildman–Crippen MR) is 67.7 cm³/mol. The van der Waals surface area contributed by atoms with Gasteiger partial charge >= 0.3 is 11.9 Å². The van der Waals surface area contributed by atoms with E-state index >= 15 is 0 Å². The highest BCUT2D eigenvalue weighted by Gasteiger charge is 2.18. The van der Waals surface area contributed by atoms with Crippen molar-refractivity contribution >= 4 is 11.9 Å². The molecule has 20 heavy (non-hydrogen) atoms. The molecule has 0 fully saturated rings. The van der Waals surface area contributed by atoms with Crippen molar-refractivity contribution in [2.24, 2.45) is 0 Å². The van der Waals surface area contributed by atoms with E-state index in [1.54, 1.807) is 13.0 Å². The molecule has 2 N–H and O–H groups in total. The van der Waals surface area contributed by atoms with Crippen LogP contribution in [0.2, 0.25) is 0 Å². The maximum atomic E-state index is 10.8. The Morgan fingerprint density at radius 1 is 1.60 bits per heavy atom. The molecule has 1 heterocycles. The molecule has 0 spiro atoms. The first kappa shape index (κ1) is 15.6. The molecule has 0 aliphatic heterocycles. The SMILES string of the molecule is COc1ccc(COCC(C)NC(=O)O)nc1[N+](=O)[O-]. The quantitative estimate of drug-likeness (QED) is 0.569. The van der Waals surface area contributed by atoms with Crippen molar-refractivity contribution < 1.29 is 24.3 Å². The second-order valence-electron chi connectivity index (χ2n) is 3.95. The first-order valence-corrected chi connectivity index (χ1v) is 5.69. The number of ether oxygens (including phenoxy) is 2. The van der Waals surface area contributed by atoms with E-state index in [0.717, 1.165) is 0 Å². The molecular weight excluding hydrogens is 270 g/mol. The van der Waals surface area contributed by atoms with Crippen molar-refractivity contribution in [2.45, 2.75) is 19.6 Å². The summed E-state index contributed by atoms with van der Waals surface area (Å²) >= 11 is 0. The van der Waals surface area contributed by atoms with E-state index in [-0.39, 0.29) is 30.8 Å². The summed E-state index contributed by atoms with van der Waals surface area (Å²) in [6, 6.07) is 2.59. The number of nitrogens with one attached hydrogen (secondary N) is 1. The number of hydrogen-bond acceptors (Lipinski definition) is 6. The lowest BCUT2D eigenvalue weighted by Crippen LogP contribution is -2.34. The van der Waals surface area contributed by atoms with Crippen LogP contribution in [0, 0.1) is 10.1 Å². The first-order chi connectivity index (χ1) is 9.43. The van der Waals surface area contributed by atoms with Crippen LogP contribution in [-0.4, -0.2) is 40.9 Å². The van der Waals surface area contributed by atoms with Crippen molar-refractivity contribution in [3.05, 3.63) is 27.9 Å². The number of carboxylic acid groups (broad SMARTS) is 1. The molecule has 1 aromatic rings.